The summed E-state index contributed by atoms with van der Waals surface area (Å²) >= 11 is 5.92. The third-order valence-corrected chi connectivity index (χ3v) is 5.01. The van der Waals surface area contributed by atoms with Gasteiger partial charge in [-0.2, -0.15) is 0 Å². The van der Waals surface area contributed by atoms with Crippen LogP contribution in [0.4, 0.5) is 10.5 Å². The number of urea groups is 1. The monoisotopic (exact) mass is 337 g/mol. The largest absolute Gasteiger partial charge is 0.391 e. The summed E-state index contributed by atoms with van der Waals surface area (Å²) in [5.74, 6) is 0. The lowest BCUT2D eigenvalue weighted by Gasteiger charge is -2.29. The summed E-state index contributed by atoms with van der Waals surface area (Å²) in [6.45, 7) is 1.71. The molecule has 0 aromatic heterocycles. The van der Waals surface area contributed by atoms with E-state index >= 15 is 0 Å². The van der Waals surface area contributed by atoms with E-state index in [1.54, 1.807) is 0 Å². The lowest BCUT2D eigenvalue weighted by atomic mass is 9.93. The number of nitrogens with one attached hydrogen (secondary N) is 2. The quantitative estimate of drug-likeness (QED) is 0.794. The van der Waals surface area contributed by atoms with Gasteiger partial charge in [-0.25, -0.2) is 4.79 Å². The number of hydrogen-bond donors (Lipinski definition) is 3. The van der Waals surface area contributed by atoms with Gasteiger partial charge in [0, 0.05) is 29.8 Å². The van der Waals surface area contributed by atoms with Gasteiger partial charge in [0.15, 0.2) is 0 Å². The lowest BCUT2D eigenvalue weighted by molar-refractivity contribution is 0.0941. The Bertz CT molecular complexity index is 537. The fraction of sp³-hybridized carbons (Fsp3) is 0.588. The molecule has 3 atom stereocenters. The third-order valence-electron chi connectivity index (χ3n) is 4.76. The number of nitrogens with zero attached hydrogens (tertiary/aromatic N) is 1. The highest BCUT2D eigenvalue weighted by Crippen LogP contribution is 2.22. The van der Waals surface area contributed by atoms with Crippen molar-refractivity contribution in [1.29, 1.82) is 0 Å². The molecule has 1 aromatic carbocycles. The summed E-state index contributed by atoms with van der Waals surface area (Å²) in [5, 5.41) is 16.6. The van der Waals surface area contributed by atoms with Crippen LogP contribution in [0.3, 0.4) is 0 Å². The van der Waals surface area contributed by atoms with Crippen LogP contribution in [0.15, 0.2) is 24.3 Å². The van der Waals surface area contributed by atoms with Gasteiger partial charge >= 0.3 is 6.03 Å². The molecular formula is C17H24ClN3O2. The van der Waals surface area contributed by atoms with E-state index in [1.807, 2.05) is 24.3 Å². The van der Waals surface area contributed by atoms with Gasteiger partial charge in [-0.05, 0) is 43.5 Å². The van der Waals surface area contributed by atoms with E-state index in [1.165, 1.54) is 0 Å². The maximum atomic E-state index is 12.1. The number of benzene rings is 1. The van der Waals surface area contributed by atoms with Crippen LogP contribution in [0.2, 0.25) is 5.02 Å². The minimum Gasteiger partial charge on any atom is -0.391 e. The zero-order valence-electron chi connectivity index (χ0n) is 13.2. The fourth-order valence-corrected chi connectivity index (χ4v) is 3.57. The highest BCUT2D eigenvalue weighted by atomic mass is 35.5. The molecule has 0 bridgehead atoms. The first-order chi connectivity index (χ1) is 11.1. The molecular weight excluding hydrogens is 314 g/mol. The standard InChI is InChI=1S/C17H24ClN3O2/c18-12-5-7-14(8-6-12)21-10-9-13(11-21)19-17(23)20-15-3-1-2-4-16(15)22/h5-8,13,15-16,22H,1-4,9-11H2,(H2,19,20,23). The Kier molecular flexibility index (Phi) is 5.28. The summed E-state index contributed by atoms with van der Waals surface area (Å²) in [6.07, 6.45) is 4.25. The van der Waals surface area contributed by atoms with Crippen LogP contribution in [0.1, 0.15) is 32.1 Å². The number of carbonyl (C=O) groups excluding carboxylic acids is 1. The van der Waals surface area contributed by atoms with Crippen LogP contribution in [0, 0.1) is 0 Å². The topological polar surface area (TPSA) is 64.6 Å². The van der Waals surface area contributed by atoms with E-state index in [9.17, 15) is 9.90 Å². The first-order valence-corrected chi connectivity index (χ1v) is 8.75. The molecule has 3 rings (SSSR count). The van der Waals surface area contributed by atoms with E-state index < -0.39 is 6.10 Å². The zero-order valence-corrected chi connectivity index (χ0v) is 13.9. The van der Waals surface area contributed by atoms with Gasteiger partial charge < -0.3 is 20.6 Å². The molecule has 2 amide bonds. The van der Waals surface area contributed by atoms with Crippen molar-refractivity contribution in [2.75, 3.05) is 18.0 Å². The highest BCUT2D eigenvalue weighted by molar-refractivity contribution is 6.30. The van der Waals surface area contributed by atoms with Crippen LogP contribution in [-0.4, -0.2) is 42.4 Å². The van der Waals surface area contributed by atoms with Crippen molar-refractivity contribution in [2.45, 2.75) is 50.3 Å². The van der Waals surface area contributed by atoms with Gasteiger partial charge in [-0.1, -0.05) is 24.4 Å². The molecule has 3 N–H and O–H groups in total. The maximum absolute atomic E-state index is 12.1. The number of anilines is 1. The van der Waals surface area contributed by atoms with E-state index in [4.69, 9.17) is 11.6 Å². The average Bonchev–Trinajstić information content (AvgIpc) is 2.98. The molecule has 2 fully saturated rings. The number of halogens is 1. The Labute approximate surface area is 142 Å². The predicted octanol–water partition coefficient (Wildman–Crippen LogP) is 2.52. The van der Waals surface area contributed by atoms with Gasteiger partial charge in [0.1, 0.15) is 0 Å². The second kappa shape index (κ2) is 7.41. The summed E-state index contributed by atoms with van der Waals surface area (Å²) in [5.41, 5.74) is 1.13. The smallest absolute Gasteiger partial charge is 0.315 e. The summed E-state index contributed by atoms with van der Waals surface area (Å²) < 4.78 is 0. The van der Waals surface area contributed by atoms with Gasteiger partial charge in [-0.3, -0.25) is 0 Å². The van der Waals surface area contributed by atoms with Gasteiger partial charge in [0.2, 0.25) is 0 Å². The number of aliphatic hydroxyl groups is 1. The van der Waals surface area contributed by atoms with Crippen molar-refractivity contribution in [1.82, 2.24) is 10.6 Å². The first kappa shape index (κ1) is 16.4. The summed E-state index contributed by atoms with van der Waals surface area (Å²) in [4.78, 5) is 14.4. The van der Waals surface area contributed by atoms with E-state index in [-0.39, 0.29) is 18.1 Å². The Balaban J connectivity index is 1.47. The Hall–Kier alpha value is -1.46. The van der Waals surface area contributed by atoms with Gasteiger partial charge in [0.25, 0.3) is 0 Å². The third kappa shape index (κ3) is 4.30. The van der Waals surface area contributed by atoms with E-state index in [2.05, 4.69) is 15.5 Å². The molecule has 23 heavy (non-hydrogen) atoms. The number of rotatable bonds is 3. The number of carbonyl (C=O) groups is 1. The van der Waals surface area contributed by atoms with Crippen molar-refractivity contribution in [2.24, 2.45) is 0 Å². The number of amides is 2. The molecule has 2 aliphatic rings. The van der Waals surface area contributed by atoms with E-state index in [0.29, 0.717) is 0 Å². The van der Waals surface area contributed by atoms with Crippen LogP contribution >= 0.6 is 11.6 Å². The minimum absolute atomic E-state index is 0.113. The van der Waals surface area contributed by atoms with Crippen molar-refractivity contribution in [3.8, 4) is 0 Å². The second-order valence-electron chi connectivity index (χ2n) is 6.48. The first-order valence-electron chi connectivity index (χ1n) is 8.37. The molecule has 1 saturated carbocycles. The van der Waals surface area contributed by atoms with Crippen LogP contribution in [0.5, 0.6) is 0 Å². The van der Waals surface area contributed by atoms with Crippen LogP contribution in [-0.2, 0) is 0 Å². The van der Waals surface area contributed by atoms with Crippen LogP contribution < -0.4 is 15.5 Å². The average molecular weight is 338 g/mol. The van der Waals surface area contributed by atoms with Crippen LogP contribution in [0.25, 0.3) is 0 Å². The SMILES string of the molecule is O=C(NC1CCN(c2ccc(Cl)cc2)C1)NC1CCCCC1O. The molecule has 1 saturated heterocycles. The molecule has 1 aromatic rings. The molecule has 1 aliphatic heterocycles. The lowest BCUT2D eigenvalue weighted by Crippen LogP contribution is -2.51. The zero-order chi connectivity index (χ0) is 16.2. The molecule has 0 spiro atoms. The second-order valence-corrected chi connectivity index (χ2v) is 6.92. The molecule has 3 unspecified atom stereocenters. The van der Waals surface area contributed by atoms with Crippen molar-refractivity contribution in [3.05, 3.63) is 29.3 Å². The molecule has 1 aliphatic carbocycles. The van der Waals surface area contributed by atoms with E-state index in [0.717, 1.165) is 55.9 Å². The number of aliphatic hydroxyl groups excluding tert-OH is 1. The molecule has 6 heteroatoms. The predicted molar refractivity (Wildman–Crippen MR) is 92.0 cm³/mol. The van der Waals surface area contributed by atoms with Gasteiger partial charge in [0.05, 0.1) is 12.1 Å². The Morgan fingerprint density at radius 2 is 1.87 bits per heavy atom. The van der Waals surface area contributed by atoms with Crippen molar-refractivity contribution >= 4 is 23.3 Å². The summed E-state index contributed by atoms with van der Waals surface area (Å²) in [6, 6.07) is 7.62. The Morgan fingerprint density at radius 1 is 1.13 bits per heavy atom. The number of hydrogen-bond acceptors (Lipinski definition) is 3. The fourth-order valence-electron chi connectivity index (χ4n) is 3.44. The maximum Gasteiger partial charge on any atom is 0.315 e. The normalized spacial score (nSPS) is 27.7. The van der Waals surface area contributed by atoms with Gasteiger partial charge in [-0.15, -0.1) is 0 Å². The molecule has 1 heterocycles. The highest BCUT2D eigenvalue weighted by Gasteiger charge is 2.27. The summed E-state index contributed by atoms with van der Waals surface area (Å²) in [7, 11) is 0. The molecule has 0 radical (unpaired) electrons. The minimum atomic E-state index is -0.413. The Morgan fingerprint density at radius 3 is 2.61 bits per heavy atom. The molecule has 126 valence electrons. The van der Waals surface area contributed by atoms with Crippen molar-refractivity contribution in [3.63, 3.8) is 0 Å². The van der Waals surface area contributed by atoms with Crippen molar-refractivity contribution < 1.29 is 9.90 Å². The molecule has 5 nitrogen and oxygen atoms in total.